The van der Waals surface area contributed by atoms with Crippen LogP contribution >= 0.6 is 23.5 Å². The van der Waals surface area contributed by atoms with Crippen molar-refractivity contribution in [3.05, 3.63) is 59.1 Å². The molecule has 6 nitrogen and oxygen atoms in total. The van der Waals surface area contributed by atoms with Gasteiger partial charge in [-0.15, -0.1) is 0 Å². The molecule has 3 rings (SSSR count). The summed E-state index contributed by atoms with van der Waals surface area (Å²) in [6, 6.07) is 18.2. The van der Waals surface area contributed by atoms with E-state index in [-0.39, 0.29) is 6.73 Å². The molecule has 0 radical (unpaired) electrons. The molecule has 8 heteroatoms. The summed E-state index contributed by atoms with van der Waals surface area (Å²) in [5.41, 5.74) is 4.18. The molecule has 0 bridgehead atoms. The van der Waals surface area contributed by atoms with Crippen molar-refractivity contribution in [1.82, 2.24) is 9.78 Å². The molecule has 0 aliphatic heterocycles. The zero-order valence-electron chi connectivity index (χ0n) is 18.8. The van der Waals surface area contributed by atoms with Crippen LogP contribution in [0, 0.1) is 0 Å². The monoisotopic (exact) mass is 505 g/mol. The maximum absolute atomic E-state index is 12.8. The molecule has 0 aliphatic rings. The third-order valence-corrected chi connectivity index (χ3v) is 6.39. The molecular formula is C23H29BrN3O3P. The quantitative estimate of drug-likeness (QED) is 0.336. The minimum Gasteiger partial charge on any atom is -0.378 e. The predicted molar refractivity (Wildman–Crippen MR) is 131 cm³/mol. The highest BCUT2D eigenvalue weighted by Gasteiger charge is 2.26. The molecule has 2 aromatic carbocycles. The molecule has 1 unspecified atom stereocenters. The molecule has 0 saturated carbocycles. The number of aromatic nitrogens is 2. The minimum absolute atomic E-state index is 0.0165. The highest BCUT2D eigenvalue weighted by molar-refractivity contribution is 9.10. The van der Waals surface area contributed by atoms with Crippen LogP contribution in [-0.2, 0) is 20.3 Å². The van der Waals surface area contributed by atoms with Crippen molar-refractivity contribution in [1.29, 1.82) is 0 Å². The first kappa shape index (κ1) is 23.7. The second kappa shape index (κ2) is 9.29. The Morgan fingerprint density at radius 3 is 2.32 bits per heavy atom. The van der Waals surface area contributed by atoms with Gasteiger partial charge in [-0.25, -0.2) is 4.68 Å². The molecule has 0 fully saturated rings. The molecule has 31 heavy (non-hydrogen) atoms. The first-order valence-electron chi connectivity index (χ1n) is 9.98. The number of halogens is 1. The molecule has 1 heterocycles. The van der Waals surface area contributed by atoms with Crippen molar-refractivity contribution >= 4 is 29.2 Å². The Balaban J connectivity index is 1.96. The van der Waals surface area contributed by atoms with Crippen LogP contribution < -0.4 is 4.90 Å². The Hall–Kier alpha value is -1.92. The highest BCUT2D eigenvalue weighted by atomic mass is 79.9. The minimum atomic E-state index is -3.26. The Bertz CT molecular complexity index is 1090. The lowest BCUT2D eigenvalue weighted by molar-refractivity contribution is 0.0824. The van der Waals surface area contributed by atoms with Gasteiger partial charge < -0.3 is 9.42 Å². The van der Waals surface area contributed by atoms with Crippen LogP contribution in [0.4, 0.5) is 5.69 Å². The van der Waals surface area contributed by atoms with Gasteiger partial charge in [0.2, 0.25) is 0 Å². The van der Waals surface area contributed by atoms with Crippen LogP contribution in [0.15, 0.2) is 59.1 Å². The number of hydrogen-bond donors (Lipinski definition) is 0. The van der Waals surface area contributed by atoms with Crippen LogP contribution in [0.3, 0.4) is 0 Å². The second-order valence-corrected chi connectivity index (χ2v) is 11.5. The van der Waals surface area contributed by atoms with Crippen molar-refractivity contribution in [3.63, 3.8) is 0 Å². The third kappa shape index (κ3) is 6.53. The van der Waals surface area contributed by atoms with E-state index < -0.39 is 13.2 Å². The van der Waals surface area contributed by atoms with Gasteiger partial charge in [0.1, 0.15) is 6.73 Å². The van der Waals surface area contributed by atoms with Gasteiger partial charge in [-0.05, 0) is 51.1 Å². The van der Waals surface area contributed by atoms with E-state index in [1.54, 1.807) is 4.68 Å². The molecule has 3 aromatic rings. The summed E-state index contributed by atoms with van der Waals surface area (Å²) >= 11 is 3.52. The predicted octanol–water partition coefficient (Wildman–Crippen LogP) is 6.66. The van der Waals surface area contributed by atoms with Gasteiger partial charge in [0.25, 0.3) is 0 Å². The SMILES string of the molecule is CN(C)c1ccc(-c2cc(-c3cccc(Br)c3)nn2COP(C)(=O)OC(C)(C)C)cc1. The average Bonchev–Trinajstić information content (AvgIpc) is 3.09. The molecule has 1 aromatic heterocycles. The molecule has 0 amide bonds. The fourth-order valence-electron chi connectivity index (χ4n) is 3.15. The van der Waals surface area contributed by atoms with E-state index in [1.165, 1.54) is 6.66 Å². The van der Waals surface area contributed by atoms with Crippen molar-refractivity contribution in [2.45, 2.75) is 33.1 Å². The van der Waals surface area contributed by atoms with Crippen molar-refractivity contribution in [2.24, 2.45) is 0 Å². The Kier molecular flexibility index (Phi) is 7.11. The van der Waals surface area contributed by atoms with Gasteiger partial charge in [-0.2, -0.15) is 5.10 Å². The van der Waals surface area contributed by atoms with E-state index in [0.29, 0.717) is 0 Å². The molecule has 0 N–H and O–H groups in total. The summed E-state index contributed by atoms with van der Waals surface area (Å²) in [6.07, 6.45) is 0. The third-order valence-electron chi connectivity index (χ3n) is 4.43. The largest absolute Gasteiger partial charge is 0.378 e. The van der Waals surface area contributed by atoms with Gasteiger partial charge in [0.05, 0.1) is 17.0 Å². The van der Waals surface area contributed by atoms with Crippen LogP contribution in [0.5, 0.6) is 0 Å². The normalized spacial score (nSPS) is 13.8. The molecule has 0 saturated heterocycles. The van der Waals surface area contributed by atoms with Gasteiger partial charge in [-0.1, -0.05) is 40.2 Å². The smallest absolute Gasteiger partial charge is 0.329 e. The Labute approximate surface area is 192 Å². The molecule has 0 aliphatic carbocycles. The standard InChI is InChI=1S/C23H29BrN3O3P/c1-23(2,3)30-31(6,28)29-16-27-22(17-10-12-20(13-11-17)26(4)5)15-21(25-27)18-8-7-9-19(24)14-18/h7-15H,16H2,1-6H3. The number of hydrogen-bond acceptors (Lipinski definition) is 5. The maximum Gasteiger partial charge on any atom is 0.329 e. The van der Waals surface area contributed by atoms with Gasteiger partial charge in [-0.3, -0.25) is 9.09 Å². The molecular weight excluding hydrogens is 477 g/mol. The molecule has 1 atom stereocenters. The number of benzene rings is 2. The van der Waals surface area contributed by atoms with Gasteiger partial charge in [0, 0.05) is 42.0 Å². The lowest BCUT2D eigenvalue weighted by atomic mass is 10.1. The van der Waals surface area contributed by atoms with Crippen LogP contribution in [0.25, 0.3) is 22.5 Å². The summed E-state index contributed by atoms with van der Waals surface area (Å²) in [5.74, 6) is 0. The highest BCUT2D eigenvalue weighted by Crippen LogP contribution is 2.48. The lowest BCUT2D eigenvalue weighted by Crippen LogP contribution is -2.18. The van der Waals surface area contributed by atoms with Crippen molar-refractivity contribution in [2.75, 3.05) is 25.7 Å². The van der Waals surface area contributed by atoms with E-state index in [4.69, 9.17) is 14.1 Å². The fourth-order valence-corrected chi connectivity index (χ4v) is 4.92. The lowest BCUT2D eigenvalue weighted by Gasteiger charge is -2.24. The molecule has 0 spiro atoms. The van der Waals surface area contributed by atoms with Crippen molar-refractivity contribution in [3.8, 4) is 22.5 Å². The van der Waals surface area contributed by atoms with Gasteiger partial charge in [0.15, 0.2) is 0 Å². The maximum atomic E-state index is 12.8. The van der Waals surface area contributed by atoms with Crippen molar-refractivity contribution < 1.29 is 13.6 Å². The zero-order valence-corrected chi connectivity index (χ0v) is 21.3. The summed E-state index contributed by atoms with van der Waals surface area (Å²) < 4.78 is 26.8. The van der Waals surface area contributed by atoms with Crippen LogP contribution in [-0.4, -0.2) is 36.1 Å². The van der Waals surface area contributed by atoms with Gasteiger partial charge >= 0.3 is 7.60 Å². The van der Waals surface area contributed by atoms with E-state index >= 15 is 0 Å². The fraction of sp³-hybridized carbons (Fsp3) is 0.348. The van der Waals surface area contributed by atoms with Crippen LogP contribution in [0.2, 0.25) is 0 Å². The van der Waals surface area contributed by atoms with Crippen LogP contribution in [0.1, 0.15) is 20.8 Å². The number of nitrogens with zero attached hydrogens (tertiary/aromatic N) is 3. The number of anilines is 1. The summed E-state index contributed by atoms with van der Waals surface area (Å²) in [7, 11) is 0.755. The summed E-state index contributed by atoms with van der Waals surface area (Å²) in [6.45, 7) is 7.06. The van der Waals surface area contributed by atoms with E-state index in [0.717, 1.165) is 32.7 Å². The summed E-state index contributed by atoms with van der Waals surface area (Å²) in [4.78, 5) is 2.05. The average molecular weight is 506 g/mol. The number of rotatable bonds is 7. The second-order valence-electron chi connectivity index (χ2n) is 8.60. The first-order valence-corrected chi connectivity index (χ1v) is 12.8. The first-order chi connectivity index (χ1) is 14.4. The Morgan fingerprint density at radius 1 is 1.06 bits per heavy atom. The Morgan fingerprint density at radius 2 is 1.74 bits per heavy atom. The summed E-state index contributed by atoms with van der Waals surface area (Å²) in [5, 5.41) is 4.74. The molecule has 166 valence electrons. The van der Waals surface area contributed by atoms with E-state index in [2.05, 4.69) is 28.1 Å². The topological polar surface area (TPSA) is 56.6 Å². The van der Waals surface area contributed by atoms with E-state index in [1.807, 2.05) is 82.2 Å². The van der Waals surface area contributed by atoms with E-state index in [9.17, 15) is 4.57 Å². The zero-order chi connectivity index (χ0) is 22.8.